The van der Waals surface area contributed by atoms with Crippen molar-refractivity contribution in [1.29, 1.82) is 0 Å². The van der Waals surface area contributed by atoms with Crippen molar-refractivity contribution in [1.82, 2.24) is 10.2 Å². The highest BCUT2D eigenvalue weighted by atomic mass is 16.5. The number of amides is 2. The summed E-state index contributed by atoms with van der Waals surface area (Å²) in [6, 6.07) is -1.40. The molecule has 3 N–H and O–H groups in total. The van der Waals surface area contributed by atoms with Gasteiger partial charge in [-0.25, -0.2) is 9.59 Å². The van der Waals surface area contributed by atoms with Crippen LogP contribution in [-0.2, 0) is 9.53 Å². The van der Waals surface area contributed by atoms with Crippen LogP contribution in [0, 0.1) is 5.92 Å². The number of carbonyl (C=O) groups is 2. The van der Waals surface area contributed by atoms with Crippen molar-refractivity contribution < 1.29 is 24.5 Å². The van der Waals surface area contributed by atoms with Crippen molar-refractivity contribution in [2.75, 3.05) is 26.3 Å². The average Bonchev–Trinajstić information content (AvgIpc) is 3.09. The van der Waals surface area contributed by atoms with Gasteiger partial charge in [-0.15, -0.1) is 0 Å². The molecular formula is C12H20N2O5. The van der Waals surface area contributed by atoms with E-state index < -0.39 is 24.1 Å². The van der Waals surface area contributed by atoms with E-state index >= 15 is 0 Å². The molecule has 1 aliphatic heterocycles. The Hall–Kier alpha value is -1.34. The second-order valence-corrected chi connectivity index (χ2v) is 5.15. The van der Waals surface area contributed by atoms with Crippen LogP contribution in [0.2, 0.25) is 0 Å². The summed E-state index contributed by atoms with van der Waals surface area (Å²) in [6.45, 7) is 1.57. The Morgan fingerprint density at radius 1 is 1.37 bits per heavy atom. The summed E-state index contributed by atoms with van der Waals surface area (Å²) in [7, 11) is 0. The molecule has 7 nitrogen and oxygen atoms in total. The van der Waals surface area contributed by atoms with Crippen LogP contribution in [-0.4, -0.2) is 65.6 Å². The Balaban J connectivity index is 1.67. The molecule has 0 radical (unpaired) electrons. The lowest BCUT2D eigenvalue weighted by molar-refractivity contribution is -0.141. The van der Waals surface area contributed by atoms with Gasteiger partial charge in [-0.05, 0) is 18.8 Å². The van der Waals surface area contributed by atoms with E-state index in [1.165, 1.54) is 12.8 Å². The zero-order valence-electron chi connectivity index (χ0n) is 10.7. The molecule has 2 amide bonds. The fourth-order valence-corrected chi connectivity index (χ4v) is 2.14. The van der Waals surface area contributed by atoms with E-state index in [0.29, 0.717) is 19.1 Å². The number of β-amino-alcohol motifs (C(OH)–C–C–N with tert-alkyl or cyclic N) is 1. The number of carbonyl (C=O) groups excluding carboxylic acids is 1. The van der Waals surface area contributed by atoms with Gasteiger partial charge < -0.3 is 25.2 Å². The Bertz CT molecular complexity index is 345. The van der Waals surface area contributed by atoms with E-state index in [1.54, 1.807) is 0 Å². The van der Waals surface area contributed by atoms with Gasteiger partial charge in [0, 0.05) is 26.1 Å². The standard InChI is InChI=1S/C12H20N2O5/c15-9-5-10(11(16)17)14(6-9)12(18)13-3-4-19-7-8-1-2-8/h8-10,15H,1-7H2,(H,13,18)(H,16,17)/t9-,10-/m1/s1. The van der Waals surface area contributed by atoms with E-state index in [2.05, 4.69) is 5.32 Å². The summed E-state index contributed by atoms with van der Waals surface area (Å²) in [5.74, 6) is -0.405. The van der Waals surface area contributed by atoms with Gasteiger partial charge in [0.25, 0.3) is 0 Å². The number of aliphatic hydroxyl groups is 1. The minimum absolute atomic E-state index is 0.0612. The molecule has 2 fully saturated rings. The second kappa shape index (κ2) is 6.21. The minimum atomic E-state index is -1.09. The van der Waals surface area contributed by atoms with Gasteiger partial charge in [0.2, 0.25) is 0 Å². The minimum Gasteiger partial charge on any atom is -0.480 e. The molecule has 0 bridgehead atoms. The summed E-state index contributed by atoms with van der Waals surface area (Å²) >= 11 is 0. The molecule has 0 unspecified atom stereocenters. The number of nitrogens with one attached hydrogen (secondary N) is 1. The Morgan fingerprint density at radius 3 is 2.74 bits per heavy atom. The normalized spacial score (nSPS) is 26.5. The number of hydrogen-bond donors (Lipinski definition) is 3. The summed E-state index contributed by atoms with van der Waals surface area (Å²) < 4.78 is 5.37. The maximum Gasteiger partial charge on any atom is 0.326 e. The van der Waals surface area contributed by atoms with Gasteiger partial charge in [0.05, 0.1) is 12.7 Å². The van der Waals surface area contributed by atoms with Crippen molar-refractivity contribution in [3.8, 4) is 0 Å². The topological polar surface area (TPSA) is 99.1 Å². The first-order valence-electron chi connectivity index (χ1n) is 6.61. The van der Waals surface area contributed by atoms with E-state index in [0.717, 1.165) is 11.5 Å². The molecule has 108 valence electrons. The zero-order chi connectivity index (χ0) is 13.8. The molecule has 2 atom stereocenters. The predicted octanol–water partition coefficient (Wildman–Crippen LogP) is -0.358. The van der Waals surface area contributed by atoms with Crippen LogP contribution in [0.5, 0.6) is 0 Å². The summed E-state index contributed by atoms with van der Waals surface area (Å²) in [4.78, 5) is 23.9. The van der Waals surface area contributed by atoms with Gasteiger partial charge in [-0.2, -0.15) is 0 Å². The van der Waals surface area contributed by atoms with Crippen LogP contribution in [0.3, 0.4) is 0 Å². The van der Waals surface area contributed by atoms with Crippen molar-refractivity contribution in [2.45, 2.75) is 31.4 Å². The number of carboxylic acids is 1. The molecule has 2 aliphatic rings. The number of likely N-dealkylation sites (tertiary alicyclic amines) is 1. The van der Waals surface area contributed by atoms with Crippen LogP contribution in [0.1, 0.15) is 19.3 Å². The van der Waals surface area contributed by atoms with Crippen LogP contribution in [0.4, 0.5) is 4.79 Å². The first-order valence-corrected chi connectivity index (χ1v) is 6.61. The fraction of sp³-hybridized carbons (Fsp3) is 0.833. The molecule has 0 aromatic rings. The molecule has 2 rings (SSSR count). The average molecular weight is 272 g/mol. The van der Waals surface area contributed by atoms with E-state index in [-0.39, 0.29) is 13.0 Å². The maximum absolute atomic E-state index is 11.8. The number of ether oxygens (including phenoxy) is 1. The van der Waals surface area contributed by atoms with Crippen molar-refractivity contribution in [3.05, 3.63) is 0 Å². The number of carboxylic acid groups (broad SMARTS) is 1. The van der Waals surface area contributed by atoms with Gasteiger partial charge in [-0.3, -0.25) is 0 Å². The van der Waals surface area contributed by atoms with E-state index in [1.807, 2.05) is 0 Å². The lowest BCUT2D eigenvalue weighted by atomic mass is 10.2. The summed E-state index contributed by atoms with van der Waals surface area (Å²) in [6.07, 6.45) is 1.76. The van der Waals surface area contributed by atoms with E-state index in [4.69, 9.17) is 9.84 Å². The number of urea groups is 1. The third-order valence-corrected chi connectivity index (χ3v) is 3.40. The number of nitrogens with zero attached hydrogens (tertiary/aromatic N) is 1. The van der Waals surface area contributed by atoms with Crippen LogP contribution in [0.25, 0.3) is 0 Å². The highest BCUT2D eigenvalue weighted by Gasteiger charge is 2.38. The van der Waals surface area contributed by atoms with Crippen LogP contribution >= 0.6 is 0 Å². The molecule has 0 spiro atoms. The number of rotatable bonds is 6. The maximum atomic E-state index is 11.8. The first kappa shape index (κ1) is 14.1. The second-order valence-electron chi connectivity index (χ2n) is 5.15. The third kappa shape index (κ3) is 4.07. The highest BCUT2D eigenvalue weighted by molar-refractivity contribution is 5.83. The predicted molar refractivity (Wildman–Crippen MR) is 65.7 cm³/mol. The molecule has 7 heteroatoms. The smallest absolute Gasteiger partial charge is 0.326 e. The highest BCUT2D eigenvalue weighted by Crippen LogP contribution is 2.28. The van der Waals surface area contributed by atoms with Crippen molar-refractivity contribution >= 4 is 12.0 Å². The molecule has 1 aliphatic carbocycles. The Labute approximate surface area is 111 Å². The molecule has 1 saturated heterocycles. The summed E-state index contributed by atoms with van der Waals surface area (Å²) in [5, 5.41) is 21.0. The quantitative estimate of drug-likeness (QED) is 0.574. The van der Waals surface area contributed by atoms with Crippen LogP contribution < -0.4 is 5.32 Å². The number of hydrogen-bond acceptors (Lipinski definition) is 4. The van der Waals surface area contributed by atoms with Crippen molar-refractivity contribution in [2.24, 2.45) is 5.92 Å². The lowest BCUT2D eigenvalue weighted by Gasteiger charge is -2.21. The van der Waals surface area contributed by atoms with Crippen molar-refractivity contribution in [3.63, 3.8) is 0 Å². The molecule has 0 aromatic heterocycles. The summed E-state index contributed by atoms with van der Waals surface area (Å²) in [5.41, 5.74) is 0. The number of aliphatic hydroxyl groups excluding tert-OH is 1. The molecule has 1 saturated carbocycles. The van der Waals surface area contributed by atoms with Gasteiger partial charge in [0.1, 0.15) is 6.04 Å². The molecular weight excluding hydrogens is 252 g/mol. The first-order chi connectivity index (χ1) is 9.08. The molecule has 19 heavy (non-hydrogen) atoms. The Kier molecular flexibility index (Phi) is 4.60. The largest absolute Gasteiger partial charge is 0.480 e. The lowest BCUT2D eigenvalue weighted by Crippen LogP contribution is -2.46. The van der Waals surface area contributed by atoms with E-state index in [9.17, 15) is 14.7 Å². The zero-order valence-corrected chi connectivity index (χ0v) is 10.7. The fourth-order valence-electron chi connectivity index (χ4n) is 2.14. The SMILES string of the molecule is O=C(O)[C@H]1C[C@@H](O)CN1C(=O)NCCOCC1CC1. The van der Waals surface area contributed by atoms with Gasteiger partial charge in [0.15, 0.2) is 0 Å². The van der Waals surface area contributed by atoms with Crippen LogP contribution in [0.15, 0.2) is 0 Å². The molecule has 0 aromatic carbocycles. The number of aliphatic carboxylic acids is 1. The monoisotopic (exact) mass is 272 g/mol. The van der Waals surface area contributed by atoms with Gasteiger partial charge >= 0.3 is 12.0 Å². The van der Waals surface area contributed by atoms with Gasteiger partial charge in [-0.1, -0.05) is 0 Å². The Morgan fingerprint density at radius 2 is 2.11 bits per heavy atom. The third-order valence-electron chi connectivity index (χ3n) is 3.40. The molecule has 1 heterocycles.